The number of methoxy groups -OCH3 is 1. The van der Waals surface area contributed by atoms with Crippen LogP contribution in [0.15, 0.2) is 29.8 Å². The van der Waals surface area contributed by atoms with Crippen molar-refractivity contribution in [3.05, 3.63) is 41.0 Å². The highest BCUT2D eigenvalue weighted by atomic mass is 16.5. The van der Waals surface area contributed by atoms with Crippen molar-refractivity contribution in [2.45, 2.75) is 13.5 Å². The van der Waals surface area contributed by atoms with Crippen molar-refractivity contribution in [1.29, 1.82) is 0 Å². The number of carboxylic acid groups (broad SMARTS) is 1. The molecule has 1 N–H and O–H groups in total. The first kappa shape index (κ1) is 11.5. The molecule has 1 aromatic rings. The Balaban J connectivity index is 2.80. The zero-order chi connectivity index (χ0) is 11.3. The highest BCUT2D eigenvalue weighted by Crippen LogP contribution is 2.09. The van der Waals surface area contributed by atoms with Gasteiger partial charge in [-0.2, -0.15) is 0 Å². The van der Waals surface area contributed by atoms with E-state index in [2.05, 4.69) is 0 Å². The SMILES string of the molecule is COCc1ccc(/C=C(\C)C(=O)O)cc1. The maximum absolute atomic E-state index is 10.6. The quantitative estimate of drug-likeness (QED) is 0.769. The van der Waals surface area contributed by atoms with Gasteiger partial charge in [0.15, 0.2) is 0 Å². The third-order valence-electron chi connectivity index (χ3n) is 2.01. The Morgan fingerprint density at radius 2 is 2.00 bits per heavy atom. The van der Waals surface area contributed by atoms with Crippen LogP contribution in [-0.4, -0.2) is 18.2 Å². The van der Waals surface area contributed by atoms with Crippen molar-refractivity contribution >= 4 is 12.0 Å². The van der Waals surface area contributed by atoms with Crippen LogP contribution in [-0.2, 0) is 16.1 Å². The topological polar surface area (TPSA) is 46.5 Å². The van der Waals surface area contributed by atoms with Gasteiger partial charge >= 0.3 is 5.97 Å². The fourth-order valence-corrected chi connectivity index (χ4v) is 1.19. The number of ether oxygens (including phenoxy) is 1. The van der Waals surface area contributed by atoms with Gasteiger partial charge in [0.2, 0.25) is 0 Å². The van der Waals surface area contributed by atoms with Crippen LogP contribution in [0.1, 0.15) is 18.1 Å². The van der Waals surface area contributed by atoms with Crippen molar-refractivity contribution < 1.29 is 14.6 Å². The van der Waals surface area contributed by atoms with Gasteiger partial charge in [0.25, 0.3) is 0 Å². The van der Waals surface area contributed by atoms with E-state index < -0.39 is 5.97 Å². The molecular formula is C12H14O3. The summed E-state index contributed by atoms with van der Waals surface area (Å²) in [5.41, 5.74) is 2.28. The van der Waals surface area contributed by atoms with Crippen LogP contribution in [0.5, 0.6) is 0 Å². The van der Waals surface area contributed by atoms with Gasteiger partial charge in [-0.05, 0) is 24.1 Å². The van der Waals surface area contributed by atoms with Crippen molar-refractivity contribution in [3.63, 3.8) is 0 Å². The zero-order valence-corrected chi connectivity index (χ0v) is 8.86. The number of aliphatic carboxylic acids is 1. The van der Waals surface area contributed by atoms with Crippen LogP contribution in [0.25, 0.3) is 6.08 Å². The molecule has 0 atom stereocenters. The van der Waals surface area contributed by atoms with Gasteiger partial charge < -0.3 is 9.84 Å². The van der Waals surface area contributed by atoms with Crippen molar-refractivity contribution in [2.75, 3.05) is 7.11 Å². The predicted molar refractivity (Wildman–Crippen MR) is 58.4 cm³/mol. The van der Waals surface area contributed by atoms with Crippen molar-refractivity contribution in [2.24, 2.45) is 0 Å². The van der Waals surface area contributed by atoms with Gasteiger partial charge in [-0.15, -0.1) is 0 Å². The summed E-state index contributed by atoms with van der Waals surface area (Å²) in [7, 11) is 1.64. The smallest absolute Gasteiger partial charge is 0.331 e. The maximum atomic E-state index is 10.6. The van der Waals surface area contributed by atoms with Gasteiger partial charge in [-0.3, -0.25) is 0 Å². The molecule has 0 saturated heterocycles. The largest absolute Gasteiger partial charge is 0.478 e. The molecule has 0 aliphatic carbocycles. The minimum atomic E-state index is -0.893. The van der Waals surface area contributed by atoms with Crippen LogP contribution >= 0.6 is 0 Å². The van der Waals surface area contributed by atoms with Gasteiger partial charge in [-0.25, -0.2) is 4.79 Å². The first-order valence-corrected chi connectivity index (χ1v) is 4.63. The number of hydrogen-bond donors (Lipinski definition) is 1. The summed E-state index contributed by atoms with van der Waals surface area (Å²) in [6.45, 7) is 2.15. The molecule has 0 bridgehead atoms. The van der Waals surface area contributed by atoms with Crippen LogP contribution < -0.4 is 0 Å². The van der Waals surface area contributed by atoms with E-state index in [0.717, 1.165) is 11.1 Å². The Bertz CT molecular complexity index is 363. The Labute approximate surface area is 89.0 Å². The van der Waals surface area contributed by atoms with E-state index >= 15 is 0 Å². The van der Waals surface area contributed by atoms with Crippen LogP contribution in [0, 0.1) is 0 Å². The lowest BCUT2D eigenvalue weighted by Gasteiger charge is -2.00. The summed E-state index contributed by atoms with van der Waals surface area (Å²) in [5, 5.41) is 8.69. The normalized spacial score (nSPS) is 11.5. The standard InChI is InChI=1S/C12H14O3/c1-9(12(13)14)7-10-3-5-11(6-4-10)8-15-2/h3-7H,8H2,1-2H3,(H,13,14)/b9-7+. The predicted octanol–water partition coefficient (Wildman–Crippen LogP) is 2.32. The first-order valence-electron chi connectivity index (χ1n) is 4.63. The van der Waals surface area contributed by atoms with Crippen molar-refractivity contribution in [1.82, 2.24) is 0 Å². The molecule has 0 radical (unpaired) electrons. The molecule has 0 aliphatic rings. The lowest BCUT2D eigenvalue weighted by molar-refractivity contribution is -0.132. The second-order valence-corrected chi connectivity index (χ2v) is 3.31. The zero-order valence-electron chi connectivity index (χ0n) is 8.86. The van der Waals surface area contributed by atoms with E-state index in [0.29, 0.717) is 12.2 Å². The second-order valence-electron chi connectivity index (χ2n) is 3.31. The summed E-state index contributed by atoms with van der Waals surface area (Å²) in [6, 6.07) is 7.59. The molecule has 15 heavy (non-hydrogen) atoms. The minimum absolute atomic E-state index is 0.328. The second kappa shape index (κ2) is 5.32. The maximum Gasteiger partial charge on any atom is 0.331 e. The third-order valence-corrected chi connectivity index (χ3v) is 2.01. The van der Waals surface area contributed by atoms with Gasteiger partial charge in [0.1, 0.15) is 0 Å². The Kier molecular flexibility index (Phi) is 4.06. The number of carbonyl (C=O) groups is 1. The van der Waals surface area contributed by atoms with Gasteiger partial charge in [0.05, 0.1) is 6.61 Å². The van der Waals surface area contributed by atoms with E-state index in [1.165, 1.54) is 0 Å². The average Bonchev–Trinajstić information content (AvgIpc) is 2.21. The molecule has 0 unspecified atom stereocenters. The number of carboxylic acids is 1. The minimum Gasteiger partial charge on any atom is -0.478 e. The summed E-state index contributed by atoms with van der Waals surface area (Å²) in [6.07, 6.45) is 1.64. The highest BCUT2D eigenvalue weighted by Gasteiger charge is 1.99. The third kappa shape index (κ3) is 3.56. The molecule has 80 valence electrons. The highest BCUT2D eigenvalue weighted by molar-refractivity contribution is 5.91. The number of benzene rings is 1. The lowest BCUT2D eigenvalue weighted by atomic mass is 10.1. The molecule has 0 heterocycles. The molecule has 0 aliphatic heterocycles. The summed E-state index contributed by atoms with van der Waals surface area (Å²) in [5.74, 6) is -0.893. The van der Waals surface area contributed by atoms with E-state index in [1.807, 2.05) is 24.3 Å². The fourth-order valence-electron chi connectivity index (χ4n) is 1.19. The molecular weight excluding hydrogens is 192 g/mol. The lowest BCUT2D eigenvalue weighted by Crippen LogP contribution is -1.95. The average molecular weight is 206 g/mol. The van der Waals surface area contributed by atoms with Crippen LogP contribution in [0.3, 0.4) is 0 Å². The Hall–Kier alpha value is -1.61. The number of rotatable bonds is 4. The molecule has 1 aromatic carbocycles. The molecule has 0 spiro atoms. The molecule has 3 nitrogen and oxygen atoms in total. The van der Waals surface area contributed by atoms with Gasteiger partial charge in [-0.1, -0.05) is 24.3 Å². The van der Waals surface area contributed by atoms with Crippen LogP contribution in [0.4, 0.5) is 0 Å². The summed E-state index contributed by atoms with van der Waals surface area (Å²) >= 11 is 0. The molecule has 3 heteroatoms. The Morgan fingerprint density at radius 1 is 1.40 bits per heavy atom. The molecule has 0 fully saturated rings. The molecule has 1 rings (SSSR count). The first-order chi connectivity index (χ1) is 7.13. The summed E-state index contributed by atoms with van der Waals surface area (Å²) < 4.78 is 4.98. The van der Waals surface area contributed by atoms with E-state index in [1.54, 1.807) is 20.1 Å². The van der Waals surface area contributed by atoms with E-state index in [-0.39, 0.29) is 0 Å². The molecule has 0 saturated carbocycles. The molecule has 0 amide bonds. The fraction of sp³-hybridized carbons (Fsp3) is 0.250. The van der Waals surface area contributed by atoms with Crippen LogP contribution in [0.2, 0.25) is 0 Å². The van der Waals surface area contributed by atoms with E-state index in [9.17, 15) is 4.79 Å². The number of hydrogen-bond acceptors (Lipinski definition) is 2. The van der Waals surface area contributed by atoms with Gasteiger partial charge in [0, 0.05) is 12.7 Å². The monoisotopic (exact) mass is 206 g/mol. The van der Waals surface area contributed by atoms with E-state index in [4.69, 9.17) is 9.84 Å². The molecule has 0 aromatic heterocycles. The summed E-state index contributed by atoms with van der Waals surface area (Å²) in [4.78, 5) is 10.6. The van der Waals surface area contributed by atoms with Crippen molar-refractivity contribution in [3.8, 4) is 0 Å². The Morgan fingerprint density at radius 3 is 2.47 bits per heavy atom.